The number of fused-ring (bicyclic) bond motifs is 6. The van der Waals surface area contributed by atoms with Crippen molar-refractivity contribution in [2.45, 2.75) is 18.8 Å². The van der Waals surface area contributed by atoms with Crippen molar-refractivity contribution in [3.63, 3.8) is 0 Å². The van der Waals surface area contributed by atoms with Crippen LogP contribution in [0.3, 0.4) is 0 Å². The molecule has 1 saturated heterocycles. The number of aromatic nitrogens is 2. The van der Waals surface area contributed by atoms with E-state index in [0.29, 0.717) is 74.4 Å². The van der Waals surface area contributed by atoms with Crippen LogP contribution >= 0.6 is 0 Å². The number of aliphatic imine (C=N–C) groups is 1. The standard InChI is InChI=1S/C22H24N6O4/c1-31-16-5-4-14-11-17(16)32-10-2-3-18(29)27-6-8-28(9-7-27)21-19-15(12-23-14)22(30)26-20(19)24-13-25-21/h4-5,11-13,15H,2-3,6-10H2,1H3,(H,24,25,26,30). The number of anilines is 2. The van der Waals surface area contributed by atoms with Gasteiger partial charge in [-0.05, 0) is 18.6 Å². The Labute approximate surface area is 185 Å². The molecule has 10 heteroatoms. The average molecular weight is 436 g/mol. The first-order chi connectivity index (χ1) is 15.6. The van der Waals surface area contributed by atoms with Crippen LogP contribution < -0.4 is 19.7 Å². The van der Waals surface area contributed by atoms with Crippen molar-refractivity contribution in [2.75, 3.05) is 50.1 Å². The molecule has 1 fully saturated rings. The molecule has 4 aliphatic heterocycles. The van der Waals surface area contributed by atoms with E-state index in [4.69, 9.17) is 9.47 Å². The Morgan fingerprint density at radius 3 is 2.75 bits per heavy atom. The van der Waals surface area contributed by atoms with Crippen LogP contribution in [0.4, 0.5) is 17.3 Å². The molecule has 166 valence electrons. The summed E-state index contributed by atoms with van der Waals surface area (Å²) in [5, 5.41) is 2.83. The molecule has 4 bridgehead atoms. The molecular weight excluding hydrogens is 412 g/mol. The first kappa shape index (κ1) is 20.2. The maximum atomic E-state index is 12.7. The fourth-order valence-corrected chi connectivity index (χ4v) is 4.24. The van der Waals surface area contributed by atoms with Crippen molar-refractivity contribution in [3.05, 3.63) is 30.1 Å². The normalized spacial score (nSPS) is 20.5. The van der Waals surface area contributed by atoms with E-state index in [1.807, 2.05) is 4.90 Å². The topological polar surface area (TPSA) is 109 Å². The smallest absolute Gasteiger partial charge is 0.238 e. The molecule has 4 aliphatic rings. The van der Waals surface area contributed by atoms with Crippen molar-refractivity contribution < 1.29 is 19.1 Å². The number of methoxy groups -OCH3 is 1. The van der Waals surface area contributed by atoms with E-state index in [9.17, 15) is 9.59 Å². The maximum Gasteiger partial charge on any atom is 0.238 e. The number of rotatable bonds is 1. The van der Waals surface area contributed by atoms with Crippen molar-refractivity contribution in [1.29, 1.82) is 0 Å². The van der Waals surface area contributed by atoms with Crippen LogP contribution in [0, 0.1) is 0 Å². The second-order valence-corrected chi connectivity index (χ2v) is 7.86. The molecule has 32 heavy (non-hydrogen) atoms. The van der Waals surface area contributed by atoms with Gasteiger partial charge < -0.3 is 24.6 Å². The van der Waals surface area contributed by atoms with Gasteiger partial charge in [-0.2, -0.15) is 0 Å². The summed E-state index contributed by atoms with van der Waals surface area (Å²) < 4.78 is 11.3. The molecule has 0 aliphatic carbocycles. The number of hydrogen-bond donors (Lipinski definition) is 1. The molecule has 0 radical (unpaired) electrons. The molecule has 1 N–H and O–H groups in total. The highest BCUT2D eigenvalue weighted by Gasteiger charge is 2.36. The minimum absolute atomic E-state index is 0.115. The fraction of sp³-hybridized carbons (Fsp3) is 0.409. The molecule has 5 heterocycles. The zero-order valence-electron chi connectivity index (χ0n) is 17.8. The summed E-state index contributed by atoms with van der Waals surface area (Å²) in [7, 11) is 1.57. The number of carbonyl (C=O) groups excluding carboxylic acids is 2. The molecule has 0 saturated carbocycles. The van der Waals surface area contributed by atoms with E-state index in [-0.39, 0.29) is 11.8 Å². The van der Waals surface area contributed by atoms with E-state index >= 15 is 0 Å². The van der Waals surface area contributed by atoms with Crippen LogP contribution in [0.2, 0.25) is 0 Å². The Morgan fingerprint density at radius 2 is 1.94 bits per heavy atom. The molecule has 0 spiro atoms. The lowest BCUT2D eigenvalue weighted by Gasteiger charge is -2.36. The van der Waals surface area contributed by atoms with E-state index < -0.39 is 5.92 Å². The van der Waals surface area contributed by atoms with Gasteiger partial charge in [-0.25, -0.2) is 9.97 Å². The highest BCUT2D eigenvalue weighted by atomic mass is 16.5. The first-order valence-corrected chi connectivity index (χ1v) is 10.7. The Balaban J connectivity index is 1.54. The Hall–Kier alpha value is -3.69. The molecule has 2 aromatic rings. The number of nitrogens with one attached hydrogen (secondary N) is 1. The van der Waals surface area contributed by atoms with Crippen LogP contribution in [0.5, 0.6) is 11.5 Å². The predicted octanol–water partition coefficient (Wildman–Crippen LogP) is 1.74. The van der Waals surface area contributed by atoms with Gasteiger partial charge in [0.2, 0.25) is 11.8 Å². The van der Waals surface area contributed by atoms with E-state index in [2.05, 4.69) is 25.2 Å². The number of amides is 2. The number of piperazine rings is 1. The average Bonchev–Trinajstić information content (AvgIpc) is 3.15. The number of hydrogen-bond acceptors (Lipinski definition) is 8. The van der Waals surface area contributed by atoms with Crippen molar-refractivity contribution in [3.8, 4) is 11.5 Å². The first-order valence-electron chi connectivity index (χ1n) is 10.7. The highest BCUT2D eigenvalue weighted by molar-refractivity contribution is 6.13. The summed E-state index contributed by atoms with van der Waals surface area (Å²) >= 11 is 0. The van der Waals surface area contributed by atoms with Crippen LogP contribution in [0.15, 0.2) is 29.5 Å². The molecule has 2 amide bonds. The second-order valence-electron chi connectivity index (χ2n) is 7.86. The van der Waals surface area contributed by atoms with Gasteiger partial charge in [-0.15, -0.1) is 0 Å². The summed E-state index contributed by atoms with van der Waals surface area (Å²) in [5.41, 5.74) is 1.35. The van der Waals surface area contributed by atoms with Gasteiger partial charge in [0.25, 0.3) is 0 Å². The van der Waals surface area contributed by atoms with Gasteiger partial charge >= 0.3 is 0 Å². The minimum Gasteiger partial charge on any atom is -0.493 e. The quantitative estimate of drug-likeness (QED) is 0.725. The lowest BCUT2D eigenvalue weighted by Crippen LogP contribution is -2.49. The third-order valence-corrected chi connectivity index (χ3v) is 5.94. The van der Waals surface area contributed by atoms with Crippen LogP contribution in [-0.2, 0) is 9.59 Å². The number of benzene rings is 1. The van der Waals surface area contributed by atoms with Crippen LogP contribution in [-0.4, -0.2) is 72.8 Å². The number of carbonyl (C=O) groups is 2. The van der Waals surface area contributed by atoms with Gasteiger partial charge in [0, 0.05) is 44.9 Å². The van der Waals surface area contributed by atoms with E-state index in [1.165, 1.54) is 6.33 Å². The number of ether oxygens (including phenoxy) is 2. The van der Waals surface area contributed by atoms with E-state index in [1.54, 1.807) is 31.5 Å². The highest BCUT2D eigenvalue weighted by Crippen LogP contribution is 2.37. The molecule has 10 nitrogen and oxygen atoms in total. The lowest BCUT2D eigenvalue weighted by atomic mass is 10.0. The fourth-order valence-electron chi connectivity index (χ4n) is 4.24. The lowest BCUT2D eigenvalue weighted by molar-refractivity contribution is -0.131. The van der Waals surface area contributed by atoms with Gasteiger partial charge in [-0.1, -0.05) is 0 Å². The molecule has 6 rings (SSSR count). The summed E-state index contributed by atoms with van der Waals surface area (Å²) in [6, 6.07) is 5.34. The van der Waals surface area contributed by atoms with Crippen LogP contribution in [0.1, 0.15) is 24.3 Å². The van der Waals surface area contributed by atoms with Gasteiger partial charge in [0.05, 0.1) is 25.0 Å². The minimum atomic E-state index is -0.608. The summed E-state index contributed by atoms with van der Waals surface area (Å²) in [4.78, 5) is 42.6. The molecular formula is C22H24N6O4. The summed E-state index contributed by atoms with van der Waals surface area (Å²) in [6.07, 6.45) is 4.11. The maximum absolute atomic E-state index is 12.7. The van der Waals surface area contributed by atoms with Crippen molar-refractivity contribution in [2.24, 2.45) is 4.99 Å². The van der Waals surface area contributed by atoms with E-state index in [0.717, 1.165) is 5.56 Å². The van der Waals surface area contributed by atoms with Crippen molar-refractivity contribution >= 4 is 35.4 Å². The third kappa shape index (κ3) is 3.72. The Kier molecular flexibility index (Phi) is 5.34. The predicted molar refractivity (Wildman–Crippen MR) is 118 cm³/mol. The van der Waals surface area contributed by atoms with Crippen molar-refractivity contribution in [1.82, 2.24) is 14.9 Å². The Bertz CT molecular complexity index is 1080. The molecule has 1 unspecified atom stereocenters. The van der Waals surface area contributed by atoms with Crippen LogP contribution in [0.25, 0.3) is 0 Å². The Morgan fingerprint density at radius 1 is 1.12 bits per heavy atom. The zero-order chi connectivity index (χ0) is 22.1. The molecule has 1 aromatic carbocycles. The molecule has 1 aromatic heterocycles. The summed E-state index contributed by atoms with van der Waals surface area (Å²) in [6.45, 7) is 2.88. The summed E-state index contributed by atoms with van der Waals surface area (Å²) in [5.74, 6) is 1.66. The number of nitrogens with zero attached hydrogens (tertiary/aromatic N) is 5. The molecule has 1 atom stereocenters. The zero-order valence-corrected chi connectivity index (χ0v) is 17.8. The SMILES string of the molecule is COc1ccc2cc1OCCCC(=O)N1CCN(CC1)c1ncnc3c1C(C=N2)C(=O)N3. The third-order valence-electron chi connectivity index (χ3n) is 5.94. The second kappa shape index (κ2) is 8.45. The van der Waals surface area contributed by atoms with Gasteiger partial charge in [0.15, 0.2) is 11.5 Å². The monoisotopic (exact) mass is 436 g/mol. The van der Waals surface area contributed by atoms with Gasteiger partial charge in [-0.3, -0.25) is 14.6 Å². The largest absolute Gasteiger partial charge is 0.493 e. The van der Waals surface area contributed by atoms with Gasteiger partial charge in [0.1, 0.15) is 23.9 Å².